The van der Waals surface area contributed by atoms with Gasteiger partial charge in [0.15, 0.2) is 0 Å². The molecule has 28 heavy (non-hydrogen) atoms. The molecule has 0 aliphatic heterocycles. The third-order valence-electron chi connectivity index (χ3n) is 4.88. The lowest BCUT2D eigenvalue weighted by Gasteiger charge is -2.18. The Kier molecular flexibility index (Phi) is 8.72. The minimum atomic E-state index is -0.252. The average molecular weight is 385 g/mol. The summed E-state index contributed by atoms with van der Waals surface area (Å²) < 4.78 is 0. The van der Waals surface area contributed by atoms with E-state index in [1.54, 1.807) is 6.07 Å². The van der Waals surface area contributed by atoms with Crippen LogP contribution in [0, 0.1) is 6.92 Å². The molecule has 1 aromatic heterocycles. The van der Waals surface area contributed by atoms with Gasteiger partial charge in [-0.2, -0.15) is 5.10 Å². The van der Waals surface area contributed by atoms with Crippen LogP contribution in [0.15, 0.2) is 30.5 Å². The molecule has 2 rings (SSSR count). The van der Waals surface area contributed by atoms with Crippen molar-refractivity contribution in [3.8, 4) is 0 Å². The lowest BCUT2D eigenvalue weighted by atomic mass is 10.0. The molecule has 0 aliphatic rings. The Balaban J connectivity index is 2.01. The van der Waals surface area contributed by atoms with Crippen molar-refractivity contribution < 1.29 is 9.59 Å². The molecule has 0 bridgehead atoms. The molecule has 0 aliphatic carbocycles. The van der Waals surface area contributed by atoms with Gasteiger partial charge in [-0.3, -0.25) is 14.7 Å². The van der Waals surface area contributed by atoms with Crippen LogP contribution in [-0.4, -0.2) is 28.1 Å². The number of amides is 2. The highest BCUT2D eigenvalue weighted by atomic mass is 16.2. The van der Waals surface area contributed by atoms with Crippen molar-refractivity contribution in [1.82, 2.24) is 15.5 Å². The lowest BCUT2D eigenvalue weighted by Crippen LogP contribution is -2.35. The Morgan fingerprint density at radius 2 is 1.82 bits per heavy atom. The van der Waals surface area contributed by atoms with E-state index in [1.165, 1.54) is 25.5 Å². The van der Waals surface area contributed by atoms with Gasteiger partial charge in [-0.15, -0.1) is 0 Å². The van der Waals surface area contributed by atoms with E-state index in [-0.39, 0.29) is 23.6 Å². The molecule has 0 saturated carbocycles. The number of carbonyl (C=O) groups excluding carboxylic acids is 2. The van der Waals surface area contributed by atoms with Gasteiger partial charge in [-0.25, -0.2) is 0 Å². The summed E-state index contributed by atoms with van der Waals surface area (Å²) in [6.45, 7) is 6.19. The van der Waals surface area contributed by atoms with Crippen LogP contribution in [0.2, 0.25) is 0 Å². The summed E-state index contributed by atoms with van der Waals surface area (Å²) in [5, 5.41) is 12.6. The van der Waals surface area contributed by atoms with Gasteiger partial charge in [0.25, 0.3) is 11.8 Å². The standard InChI is InChI=1S/C22H32N4O2/c1-4-6-7-8-13-17(11-5-2)24-22(28)20-19(15-23-26-20)25-21(27)18-14-10-9-12-16(18)3/h9-10,12,14-15,17H,4-8,11,13H2,1-3H3,(H,23,26)(H,24,28)(H,25,27). The molecular formula is C22H32N4O2. The van der Waals surface area contributed by atoms with Crippen LogP contribution in [0.1, 0.15) is 85.2 Å². The van der Waals surface area contributed by atoms with Crippen molar-refractivity contribution in [2.45, 2.75) is 71.8 Å². The maximum atomic E-state index is 12.8. The van der Waals surface area contributed by atoms with Crippen LogP contribution in [0.4, 0.5) is 5.69 Å². The SMILES string of the molecule is CCCCCCC(CCC)NC(=O)c1[nH]ncc1NC(=O)c1ccccc1C. The fourth-order valence-corrected chi connectivity index (χ4v) is 3.28. The average Bonchev–Trinajstić information content (AvgIpc) is 3.13. The molecular weight excluding hydrogens is 352 g/mol. The molecule has 1 unspecified atom stereocenters. The number of hydrogen-bond donors (Lipinski definition) is 3. The summed E-state index contributed by atoms with van der Waals surface area (Å²) >= 11 is 0. The highest BCUT2D eigenvalue weighted by molar-refractivity contribution is 6.08. The van der Waals surface area contributed by atoms with Gasteiger partial charge in [0.1, 0.15) is 5.69 Å². The molecule has 0 saturated heterocycles. The summed E-state index contributed by atoms with van der Waals surface area (Å²) in [6, 6.07) is 7.48. The van der Waals surface area contributed by atoms with Gasteiger partial charge in [-0.05, 0) is 31.4 Å². The third-order valence-corrected chi connectivity index (χ3v) is 4.88. The fourth-order valence-electron chi connectivity index (χ4n) is 3.28. The first kappa shape index (κ1) is 21.7. The van der Waals surface area contributed by atoms with Crippen LogP contribution in [0.3, 0.4) is 0 Å². The molecule has 6 nitrogen and oxygen atoms in total. The Hall–Kier alpha value is -2.63. The van der Waals surface area contributed by atoms with Gasteiger partial charge in [0.2, 0.25) is 0 Å². The number of benzene rings is 1. The van der Waals surface area contributed by atoms with Gasteiger partial charge < -0.3 is 10.6 Å². The number of unbranched alkanes of at least 4 members (excludes halogenated alkanes) is 3. The van der Waals surface area contributed by atoms with Crippen molar-refractivity contribution in [3.63, 3.8) is 0 Å². The van der Waals surface area contributed by atoms with Gasteiger partial charge in [-0.1, -0.05) is 64.2 Å². The van der Waals surface area contributed by atoms with Gasteiger partial charge in [0, 0.05) is 11.6 Å². The maximum absolute atomic E-state index is 12.8. The minimum absolute atomic E-state index is 0.137. The molecule has 2 aromatic rings. The van der Waals surface area contributed by atoms with Crippen LogP contribution >= 0.6 is 0 Å². The molecule has 3 N–H and O–H groups in total. The first-order valence-electron chi connectivity index (χ1n) is 10.3. The molecule has 6 heteroatoms. The summed E-state index contributed by atoms with van der Waals surface area (Å²) in [5.74, 6) is -0.482. The van der Waals surface area contributed by atoms with Crippen molar-refractivity contribution in [2.75, 3.05) is 5.32 Å². The van der Waals surface area contributed by atoms with E-state index >= 15 is 0 Å². The van der Waals surface area contributed by atoms with E-state index < -0.39 is 0 Å². The van der Waals surface area contributed by atoms with E-state index in [0.29, 0.717) is 11.3 Å². The number of nitrogens with zero attached hydrogens (tertiary/aromatic N) is 1. The smallest absolute Gasteiger partial charge is 0.271 e. The number of rotatable bonds is 11. The molecule has 152 valence electrons. The molecule has 1 aromatic carbocycles. The lowest BCUT2D eigenvalue weighted by molar-refractivity contribution is 0.0928. The normalized spacial score (nSPS) is 11.8. The predicted octanol–water partition coefficient (Wildman–Crippen LogP) is 4.84. The zero-order valence-electron chi connectivity index (χ0n) is 17.2. The zero-order chi connectivity index (χ0) is 20.4. The van der Waals surface area contributed by atoms with E-state index in [1.807, 2.05) is 25.1 Å². The second-order valence-electron chi connectivity index (χ2n) is 7.24. The number of carbonyl (C=O) groups is 2. The van der Waals surface area contributed by atoms with E-state index in [4.69, 9.17) is 0 Å². The monoisotopic (exact) mass is 384 g/mol. The van der Waals surface area contributed by atoms with Crippen molar-refractivity contribution in [3.05, 3.63) is 47.3 Å². The first-order valence-corrected chi connectivity index (χ1v) is 10.3. The highest BCUT2D eigenvalue weighted by Gasteiger charge is 2.20. The zero-order valence-corrected chi connectivity index (χ0v) is 17.2. The van der Waals surface area contributed by atoms with Gasteiger partial charge >= 0.3 is 0 Å². The number of anilines is 1. The fraction of sp³-hybridized carbons (Fsp3) is 0.500. The summed E-state index contributed by atoms with van der Waals surface area (Å²) in [6.07, 6.45) is 9.12. The van der Waals surface area contributed by atoms with Crippen molar-refractivity contribution in [1.29, 1.82) is 0 Å². The molecule has 0 fully saturated rings. The molecule has 2 amide bonds. The quantitative estimate of drug-likeness (QED) is 0.485. The van der Waals surface area contributed by atoms with Gasteiger partial charge in [0.05, 0.1) is 11.9 Å². The maximum Gasteiger partial charge on any atom is 0.271 e. The Morgan fingerprint density at radius 1 is 1.04 bits per heavy atom. The molecule has 0 radical (unpaired) electrons. The minimum Gasteiger partial charge on any atom is -0.348 e. The largest absolute Gasteiger partial charge is 0.348 e. The number of hydrogen-bond acceptors (Lipinski definition) is 3. The number of aryl methyl sites for hydroxylation is 1. The summed E-state index contributed by atoms with van der Waals surface area (Å²) in [7, 11) is 0. The molecule has 1 heterocycles. The molecule has 1 atom stereocenters. The van der Waals surface area contributed by atoms with Crippen molar-refractivity contribution in [2.24, 2.45) is 0 Å². The highest BCUT2D eigenvalue weighted by Crippen LogP contribution is 2.17. The third kappa shape index (κ3) is 6.22. The van der Waals surface area contributed by atoms with Crippen LogP contribution < -0.4 is 10.6 Å². The van der Waals surface area contributed by atoms with E-state index in [2.05, 4.69) is 34.7 Å². The van der Waals surface area contributed by atoms with E-state index in [9.17, 15) is 9.59 Å². The van der Waals surface area contributed by atoms with Crippen molar-refractivity contribution >= 4 is 17.5 Å². The van der Waals surface area contributed by atoms with Crippen LogP contribution in [0.5, 0.6) is 0 Å². The topological polar surface area (TPSA) is 86.9 Å². The predicted molar refractivity (Wildman–Crippen MR) is 113 cm³/mol. The number of aromatic amines is 1. The first-order chi connectivity index (χ1) is 13.6. The second kappa shape index (κ2) is 11.3. The number of nitrogens with one attached hydrogen (secondary N) is 3. The molecule has 0 spiro atoms. The van der Waals surface area contributed by atoms with E-state index in [0.717, 1.165) is 31.2 Å². The Morgan fingerprint density at radius 3 is 2.54 bits per heavy atom. The van der Waals surface area contributed by atoms with Crippen LogP contribution in [-0.2, 0) is 0 Å². The summed E-state index contributed by atoms with van der Waals surface area (Å²) in [4.78, 5) is 25.3. The number of aromatic nitrogens is 2. The summed E-state index contributed by atoms with van der Waals surface area (Å²) in [5.41, 5.74) is 2.14. The second-order valence-corrected chi connectivity index (χ2v) is 7.24. The van der Waals surface area contributed by atoms with Crippen LogP contribution in [0.25, 0.3) is 0 Å². The Labute approximate surface area is 167 Å². The number of H-pyrrole nitrogens is 1. The Bertz CT molecular complexity index is 769.